The quantitative estimate of drug-likeness (QED) is 0.346. The lowest BCUT2D eigenvalue weighted by molar-refractivity contribution is -0.122. The summed E-state index contributed by atoms with van der Waals surface area (Å²) in [5, 5.41) is 4.07. The molecule has 1 amide bonds. The molecule has 33 heavy (non-hydrogen) atoms. The number of rotatable bonds is 9. The van der Waals surface area contributed by atoms with E-state index in [4.69, 9.17) is 9.47 Å². The first-order valence-electron chi connectivity index (χ1n) is 11.0. The fraction of sp³-hybridized carbons (Fsp3) is 0.231. The number of amides is 1. The molecular weight excluding hydrogens is 416 g/mol. The van der Waals surface area contributed by atoms with Gasteiger partial charge < -0.3 is 9.47 Å². The second kappa shape index (κ2) is 11.3. The molecule has 0 aliphatic carbocycles. The first kappa shape index (κ1) is 22.5. The van der Waals surface area contributed by atoms with Crippen molar-refractivity contribution < 1.29 is 14.3 Å². The fourth-order valence-electron chi connectivity index (χ4n) is 3.57. The second-order valence-electron chi connectivity index (χ2n) is 7.71. The molecule has 0 aromatic heterocycles. The Morgan fingerprint density at radius 1 is 1.00 bits per heavy atom. The monoisotopic (exact) mass is 444 g/mol. The number of hydrazone groups is 1. The molecule has 7 heteroatoms. The van der Waals surface area contributed by atoms with Crippen LogP contribution in [0.1, 0.15) is 36.1 Å². The highest BCUT2D eigenvalue weighted by Crippen LogP contribution is 2.26. The Hall–Kier alpha value is -3.68. The zero-order valence-corrected chi connectivity index (χ0v) is 18.5. The highest BCUT2D eigenvalue weighted by atomic mass is 16.5. The van der Waals surface area contributed by atoms with Gasteiger partial charge in [0.2, 0.25) is 0 Å². The number of hydrogen-bond acceptors (Lipinski definition) is 6. The third-order valence-corrected chi connectivity index (χ3v) is 5.31. The summed E-state index contributed by atoms with van der Waals surface area (Å²) < 4.78 is 11.3. The molecular formula is C26H28N4O3. The van der Waals surface area contributed by atoms with E-state index in [-0.39, 0.29) is 18.0 Å². The van der Waals surface area contributed by atoms with Crippen LogP contribution in [-0.4, -0.2) is 24.8 Å². The number of nitrogens with zero attached hydrogens (tertiary/aromatic N) is 1. The first-order valence-corrected chi connectivity index (χ1v) is 11.0. The van der Waals surface area contributed by atoms with E-state index in [0.29, 0.717) is 19.6 Å². The zero-order chi connectivity index (χ0) is 22.9. The third kappa shape index (κ3) is 6.41. The van der Waals surface area contributed by atoms with Gasteiger partial charge in [-0.3, -0.25) is 4.79 Å². The topological polar surface area (TPSA) is 84.0 Å². The molecule has 1 heterocycles. The van der Waals surface area contributed by atoms with Crippen molar-refractivity contribution in [2.24, 2.45) is 5.10 Å². The predicted octanol–water partition coefficient (Wildman–Crippen LogP) is 3.72. The van der Waals surface area contributed by atoms with Crippen LogP contribution in [0.3, 0.4) is 0 Å². The summed E-state index contributed by atoms with van der Waals surface area (Å²) >= 11 is 0. The zero-order valence-electron chi connectivity index (χ0n) is 18.5. The van der Waals surface area contributed by atoms with Gasteiger partial charge in [0.05, 0.1) is 12.8 Å². The van der Waals surface area contributed by atoms with Crippen molar-refractivity contribution in [2.75, 3.05) is 6.61 Å². The van der Waals surface area contributed by atoms with Crippen molar-refractivity contribution in [3.05, 3.63) is 95.6 Å². The van der Waals surface area contributed by atoms with E-state index in [0.717, 1.165) is 28.2 Å². The Labute approximate surface area is 193 Å². The number of hydrazine groups is 1. The van der Waals surface area contributed by atoms with Gasteiger partial charge in [0.15, 0.2) is 0 Å². The molecule has 0 radical (unpaired) electrons. The van der Waals surface area contributed by atoms with E-state index in [2.05, 4.69) is 21.4 Å². The molecule has 170 valence electrons. The number of hydrogen-bond donors (Lipinski definition) is 3. The molecule has 3 N–H and O–H groups in total. The molecule has 1 saturated heterocycles. The Balaban J connectivity index is 1.27. The first-order chi connectivity index (χ1) is 16.2. The van der Waals surface area contributed by atoms with Crippen LogP contribution in [0, 0.1) is 0 Å². The van der Waals surface area contributed by atoms with Gasteiger partial charge in [-0.05, 0) is 66.4 Å². The third-order valence-electron chi connectivity index (χ3n) is 5.31. The lowest BCUT2D eigenvalue weighted by Crippen LogP contribution is -2.41. The van der Waals surface area contributed by atoms with Crippen LogP contribution < -0.4 is 25.8 Å². The van der Waals surface area contributed by atoms with Crippen LogP contribution in [-0.2, 0) is 11.4 Å². The van der Waals surface area contributed by atoms with Gasteiger partial charge in [-0.2, -0.15) is 5.10 Å². The van der Waals surface area contributed by atoms with E-state index in [1.54, 1.807) is 6.21 Å². The van der Waals surface area contributed by atoms with Gasteiger partial charge in [0.25, 0.3) is 5.91 Å². The molecule has 0 bridgehead atoms. The number of ether oxygens (including phenoxy) is 2. The molecule has 1 fully saturated rings. The van der Waals surface area contributed by atoms with Crippen molar-refractivity contribution >= 4 is 12.1 Å². The number of carbonyl (C=O) groups excluding carboxylic acids is 1. The molecule has 0 spiro atoms. The van der Waals surface area contributed by atoms with Crippen LogP contribution in [0.4, 0.5) is 0 Å². The molecule has 2 unspecified atom stereocenters. The minimum Gasteiger partial charge on any atom is -0.494 e. The normalized spacial score (nSPS) is 17.7. The van der Waals surface area contributed by atoms with Crippen molar-refractivity contribution in [1.82, 2.24) is 16.3 Å². The summed E-state index contributed by atoms with van der Waals surface area (Å²) in [6.07, 6.45) is 2.22. The van der Waals surface area contributed by atoms with E-state index in [9.17, 15) is 4.79 Å². The summed E-state index contributed by atoms with van der Waals surface area (Å²) in [4.78, 5) is 12.5. The van der Waals surface area contributed by atoms with Crippen LogP contribution >= 0.6 is 0 Å². The van der Waals surface area contributed by atoms with Crippen molar-refractivity contribution in [3.63, 3.8) is 0 Å². The van der Waals surface area contributed by atoms with Crippen LogP contribution in [0.2, 0.25) is 0 Å². The average molecular weight is 445 g/mol. The summed E-state index contributed by atoms with van der Waals surface area (Å²) in [6.45, 7) is 3.08. The van der Waals surface area contributed by atoms with Crippen LogP contribution in [0.15, 0.2) is 84.0 Å². The summed E-state index contributed by atoms with van der Waals surface area (Å²) in [5.74, 6) is 1.41. The second-order valence-corrected chi connectivity index (χ2v) is 7.71. The molecule has 2 atom stereocenters. The number of nitrogens with one attached hydrogen (secondary N) is 3. The Kier molecular flexibility index (Phi) is 7.68. The Morgan fingerprint density at radius 3 is 2.61 bits per heavy atom. The van der Waals surface area contributed by atoms with Gasteiger partial charge in [-0.25, -0.2) is 16.3 Å². The lowest BCUT2D eigenvalue weighted by atomic mass is 10.0. The summed E-state index contributed by atoms with van der Waals surface area (Å²) in [6, 6.07) is 25.1. The molecule has 1 aliphatic heterocycles. The van der Waals surface area contributed by atoms with E-state index >= 15 is 0 Å². The smallest absolute Gasteiger partial charge is 0.258 e. The molecule has 4 rings (SSSR count). The fourth-order valence-corrected chi connectivity index (χ4v) is 3.57. The molecule has 0 saturated carbocycles. The molecule has 1 aliphatic rings. The van der Waals surface area contributed by atoms with Crippen molar-refractivity contribution in [1.29, 1.82) is 0 Å². The van der Waals surface area contributed by atoms with Crippen molar-refractivity contribution in [3.8, 4) is 11.5 Å². The average Bonchev–Trinajstić information content (AvgIpc) is 3.36. The molecule has 7 nitrogen and oxygen atoms in total. The minimum atomic E-state index is -0.388. The van der Waals surface area contributed by atoms with Crippen molar-refractivity contribution in [2.45, 2.75) is 32.0 Å². The van der Waals surface area contributed by atoms with Gasteiger partial charge in [-0.15, -0.1) is 0 Å². The van der Waals surface area contributed by atoms with Crippen LogP contribution in [0.25, 0.3) is 0 Å². The summed E-state index contributed by atoms with van der Waals surface area (Å²) in [7, 11) is 0. The Bertz CT molecular complexity index is 1070. The van der Waals surface area contributed by atoms with Gasteiger partial charge in [0.1, 0.15) is 24.1 Å². The maximum absolute atomic E-state index is 12.5. The maximum Gasteiger partial charge on any atom is 0.258 e. The van der Waals surface area contributed by atoms with Gasteiger partial charge in [-0.1, -0.05) is 42.5 Å². The molecule has 3 aromatic rings. The minimum absolute atomic E-state index is 0.00360. The number of carbonyl (C=O) groups is 1. The van der Waals surface area contributed by atoms with Gasteiger partial charge in [0, 0.05) is 6.04 Å². The highest BCUT2D eigenvalue weighted by Gasteiger charge is 2.30. The molecule has 3 aromatic carbocycles. The van der Waals surface area contributed by atoms with E-state index < -0.39 is 0 Å². The maximum atomic E-state index is 12.5. The lowest BCUT2D eigenvalue weighted by Gasteiger charge is -2.12. The number of benzene rings is 3. The highest BCUT2D eigenvalue weighted by molar-refractivity contribution is 5.85. The van der Waals surface area contributed by atoms with E-state index in [1.807, 2.05) is 85.8 Å². The van der Waals surface area contributed by atoms with Crippen LogP contribution in [0.5, 0.6) is 11.5 Å². The van der Waals surface area contributed by atoms with Gasteiger partial charge >= 0.3 is 0 Å². The summed E-state index contributed by atoms with van der Waals surface area (Å²) in [5.41, 5.74) is 11.9. The largest absolute Gasteiger partial charge is 0.494 e. The standard InChI is InChI=1S/C26H28N4O3/c1-2-32-22-13-11-19(12-14-22)17-27-30-26(31)25-16-24(28-29-25)21-9-6-10-23(15-21)33-18-20-7-4-3-5-8-20/h3-15,17,24-25,28-29H,2,16,18H2,1H3,(H,30,31)/b27-17+. The SMILES string of the molecule is CCOc1ccc(/C=N/NC(=O)C2CC(c3cccc(OCc4ccccc4)c3)NN2)cc1. The van der Waals surface area contributed by atoms with E-state index in [1.165, 1.54) is 0 Å². The Morgan fingerprint density at radius 2 is 1.82 bits per heavy atom. The predicted molar refractivity (Wildman–Crippen MR) is 128 cm³/mol.